The maximum Gasteiger partial charge on any atom is 0.211 e. The Morgan fingerprint density at radius 2 is 1.97 bits per heavy atom. The largest absolute Gasteiger partial charge is 0.384 e. The molecule has 0 aliphatic heterocycles. The fourth-order valence-electron chi connectivity index (χ4n) is 4.11. The molecule has 172 valence electrons. The zero-order valence-corrected chi connectivity index (χ0v) is 21.1. The third kappa shape index (κ3) is 6.25. The van der Waals surface area contributed by atoms with Crippen molar-refractivity contribution in [3.63, 3.8) is 0 Å². The molecule has 0 bridgehead atoms. The molecule has 2 N–H and O–H groups in total. The number of anilines is 1. The second kappa shape index (κ2) is 11.8. The van der Waals surface area contributed by atoms with Gasteiger partial charge in [0.1, 0.15) is 0 Å². The number of hydrogen-bond donors (Lipinski definition) is 2. The van der Waals surface area contributed by atoms with E-state index in [4.69, 9.17) is 16.6 Å². The minimum absolute atomic E-state index is 0.712. The highest BCUT2D eigenvalue weighted by molar-refractivity contribution is 8.77. The molecule has 0 saturated heterocycles. The molecule has 3 aromatic rings. The normalized spacial score (nSPS) is 13.9. The predicted molar refractivity (Wildman–Crippen MR) is 144 cm³/mol. The molecule has 0 saturated carbocycles. The van der Waals surface area contributed by atoms with Gasteiger partial charge >= 0.3 is 0 Å². The number of carbonyl (C=O) groups excluding carboxylic acids is 1. The van der Waals surface area contributed by atoms with Gasteiger partial charge in [-0.25, -0.2) is 0 Å². The molecule has 0 radical (unpaired) electrons. The molecule has 1 aliphatic rings. The smallest absolute Gasteiger partial charge is 0.211 e. The Kier molecular flexibility index (Phi) is 8.59. The molecule has 2 aromatic carbocycles. The Bertz CT molecular complexity index is 1150. The fraction of sp³-hybridized carbons (Fsp3) is 0.308. The lowest BCUT2D eigenvalue weighted by atomic mass is 9.92. The summed E-state index contributed by atoms with van der Waals surface area (Å²) in [5.74, 6) is 0.917. The van der Waals surface area contributed by atoms with Gasteiger partial charge in [-0.15, -0.1) is 0 Å². The zero-order chi connectivity index (χ0) is 23.0. The number of rotatable bonds is 10. The standard InChI is InChI=1S/C26H28ClN3OS2/c1-18(29-17-31)25(33-32-16-19-7-3-2-4-8-19)13-14-28-26-21-9-5-6-10-23(21)30-24-15-20(27)11-12-22(24)26/h2-4,7-8,11-12,15,17H,5-6,9-10,13-14,16H2,1H3,(H,28,30)(H,29,31). The summed E-state index contributed by atoms with van der Waals surface area (Å²) in [5.41, 5.74) is 6.88. The van der Waals surface area contributed by atoms with Crippen molar-refractivity contribution in [2.75, 3.05) is 11.9 Å². The van der Waals surface area contributed by atoms with E-state index in [2.05, 4.69) is 41.0 Å². The van der Waals surface area contributed by atoms with Crippen LogP contribution in [0.4, 0.5) is 5.69 Å². The Hall–Kier alpha value is -2.15. The molecular weight excluding hydrogens is 470 g/mol. The van der Waals surface area contributed by atoms with Crippen molar-refractivity contribution < 1.29 is 4.79 Å². The van der Waals surface area contributed by atoms with E-state index in [9.17, 15) is 4.79 Å². The van der Waals surface area contributed by atoms with Crippen molar-refractivity contribution in [1.29, 1.82) is 0 Å². The molecular formula is C26H28ClN3OS2. The molecule has 0 unspecified atom stereocenters. The van der Waals surface area contributed by atoms with Crippen molar-refractivity contribution in [1.82, 2.24) is 10.3 Å². The first-order valence-electron chi connectivity index (χ1n) is 11.2. The average Bonchev–Trinajstić information content (AvgIpc) is 2.83. The van der Waals surface area contributed by atoms with E-state index >= 15 is 0 Å². The Balaban J connectivity index is 1.48. The monoisotopic (exact) mass is 497 g/mol. The van der Waals surface area contributed by atoms with Crippen molar-refractivity contribution in [2.24, 2.45) is 0 Å². The summed E-state index contributed by atoms with van der Waals surface area (Å²) in [6.07, 6.45) is 6.03. The van der Waals surface area contributed by atoms with Crippen molar-refractivity contribution in [2.45, 2.75) is 44.8 Å². The van der Waals surface area contributed by atoms with Crippen LogP contribution in [0, 0.1) is 0 Å². The molecule has 7 heteroatoms. The van der Waals surface area contributed by atoms with Crippen LogP contribution in [-0.4, -0.2) is 17.9 Å². The van der Waals surface area contributed by atoms with Gasteiger partial charge < -0.3 is 10.6 Å². The van der Waals surface area contributed by atoms with E-state index in [0.29, 0.717) is 5.02 Å². The second-order valence-electron chi connectivity index (χ2n) is 8.10. The van der Waals surface area contributed by atoms with Gasteiger partial charge in [-0.3, -0.25) is 9.78 Å². The minimum Gasteiger partial charge on any atom is -0.384 e. The highest BCUT2D eigenvalue weighted by Crippen LogP contribution is 2.37. The summed E-state index contributed by atoms with van der Waals surface area (Å²) in [6, 6.07) is 16.4. The van der Waals surface area contributed by atoms with Gasteiger partial charge in [0.05, 0.1) is 5.52 Å². The SMILES string of the molecule is CC(NC=O)=C(CCNc1c2c(nc3cc(Cl)ccc13)CCCC2)SSCc1ccccc1. The lowest BCUT2D eigenvalue weighted by molar-refractivity contribution is -0.108. The number of pyridine rings is 1. The number of nitrogens with zero attached hydrogens (tertiary/aromatic N) is 1. The Morgan fingerprint density at radius 1 is 1.15 bits per heavy atom. The Labute approximate surface area is 208 Å². The number of aromatic nitrogens is 1. The number of fused-ring (bicyclic) bond motifs is 2. The molecule has 33 heavy (non-hydrogen) atoms. The van der Waals surface area contributed by atoms with Crippen LogP contribution in [0.25, 0.3) is 10.9 Å². The average molecular weight is 498 g/mol. The third-order valence-corrected chi connectivity index (χ3v) is 8.63. The number of carbonyl (C=O) groups is 1. The molecule has 1 aromatic heterocycles. The topological polar surface area (TPSA) is 54.0 Å². The first-order chi connectivity index (χ1) is 16.2. The van der Waals surface area contributed by atoms with Gasteiger partial charge in [0.2, 0.25) is 6.41 Å². The highest BCUT2D eigenvalue weighted by Gasteiger charge is 2.18. The molecule has 0 spiro atoms. The van der Waals surface area contributed by atoms with Crippen LogP contribution in [0.5, 0.6) is 0 Å². The minimum atomic E-state index is 0.712. The number of amides is 1. The van der Waals surface area contributed by atoms with Gasteiger partial charge in [0.25, 0.3) is 0 Å². The number of allylic oxidation sites excluding steroid dienone is 1. The Morgan fingerprint density at radius 3 is 2.79 bits per heavy atom. The van der Waals surface area contributed by atoms with E-state index in [1.54, 1.807) is 21.6 Å². The maximum absolute atomic E-state index is 11.1. The number of nitrogens with one attached hydrogen (secondary N) is 2. The number of benzene rings is 2. The van der Waals surface area contributed by atoms with Gasteiger partial charge in [0.15, 0.2) is 0 Å². The molecule has 4 rings (SSSR count). The first-order valence-corrected chi connectivity index (χ1v) is 13.9. The van der Waals surface area contributed by atoms with Crippen LogP contribution >= 0.6 is 33.2 Å². The van der Waals surface area contributed by atoms with Crippen LogP contribution in [-0.2, 0) is 23.4 Å². The predicted octanol–water partition coefficient (Wildman–Crippen LogP) is 7.13. The van der Waals surface area contributed by atoms with Gasteiger partial charge in [-0.2, -0.15) is 0 Å². The lowest BCUT2D eigenvalue weighted by Gasteiger charge is -2.22. The maximum atomic E-state index is 11.1. The summed E-state index contributed by atoms with van der Waals surface area (Å²) in [7, 11) is 3.53. The van der Waals surface area contributed by atoms with Crippen molar-refractivity contribution >= 4 is 56.2 Å². The highest BCUT2D eigenvalue weighted by atomic mass is 35.5. The third-order valence-electron chi connectivity index (χ3n) is 5.80. The zero-order valence-electron chi connectivity index (χ0n) is 18.7. The van der Waals surface area contributed by atoms with Gasteiger partial charge in [-0.05, 0) is 68.4 Å². The summed E-state index contributed by atoms with van der Waals surface area (Å²) < 4.78 is 0. The summed E-state index contributed by atoms with van der Waals surface area (Å²) >= 11 is 6.25. The van der Waals surface area contributed by atoms with E-state index in [1.165, 1.54) is 40.3 Å². The molecule has 1 aliphatic carbocycles. The quantitative estimate of drug-likeness (QED) is 0.230. The summed E-state index contributed by atoms with van der Waals surface area (Å²) in [5, 5.41) is 8.39. The van der Waals surface area contributed by atoms with Crippen LogP contribution in [0.3, 0.4) is 0 Å². The molecule has 1 heterocycles. The second-order valence-corrected chi connectivity index (χ2v) is 10.9. The van der Waals surface area contributed by atoms with E-state index in [1.807, 2.05) is 25.1 Å². The van der Waals surface area contributed by atoms with E-state index in [-0.39, 0.29) is 0 Å². The van der Waals surface area contributed by atoms with Crippen LogP contribution in [0.2, 0.25) is 5.02 Å². The molecule has 4 nitrogen and oxygen atoms in total. The molecule has 0 atom stereocenters. The van der Waals surface area contributed by atoms with E-state index in [0.717, 1.165) is 54.6 Å². The fourth-order valence-corrected chi connectivity index (χ4v) is 6.81. The van der Waals surface area contributed by atoms with Crippen LogP contribution < -0.4 is 10.6 Å². The molecule has 0 fully saturated rings. The number of aryl methyl sites for hydroxylation is 1. The summed E-state index contributed by atoms with van der Waals surface area (Å²) in [6.45, 7) is 2.74. The number of hydrogen-bond acceptors (Lipinski definition) is 5. The van der Waals surface area contributed by atoms with Crippen LogP contribution in [0.1, 0.15) is 43.0 Å². The van der Waals surface area contributed by atoms with Crippen molar-refractivity contribution in [3.05, 3.63) is 81.0 Å². The number of halogens is 1. The molecule has 1 amide bonds. The lowest BCUT2D eigenvalue weighted by Crippen LogP contribution is -2.14. The summed E-state index contributed by atoms with van der Waals surface area (Å²) in [4.78, 5) is 17.1. The van der Waals surface area contributed by atoms with Crippen LogP contribution in [0.15, 0.2) is 59.1 Å². The van der Waals surface area contributed by atoms with E-state index < -0.39 is 0 Å². The van der Waals surface area contributed by atoms with Gasteiger partial charge in [-0.1, -0.05) is 63.5 Å². The van der Waals surface area contributed by atoms with Crippen molar-refractivity contribution in [3.8, 4) is 0 Å². The first kappa shape index (κ1) is 24.0. The van der Waals surface area contributed by atoms with Gasteiger partial charge in [0, 0.05) is 44.7 Å².